The van der Waals surface area contributed by atoms with Crippen LogP contribution >= 0.6 is 0 Å². The summed E-state index contributed by atoms with van der Waals surface area (Å²) in [6, 6.07) is 13.8. The quantitative estimate of drug-likeness (QED) is 0.857. The zero-order valence-corrected chi connectivity index (χ0v) is 12.6. The molecular formula is C17H21NO3. The number of nitrogens with one attached hydrogen (secondary N) is 1. The zero-order valence-electron chi connectivity index (χ0n) is 12.6. The molecule has 0 aromatic heterocycles. The van der Waals surface area contributed by atoms with Crippen molar-refractivity contribution in [3.63, 3.8) is 0 Å². The van der Waals surface area contributed by atoms with Gasteiger partial charge in [0, 0.05) is 6.04 Å². The third-order valence-corrected chi connectivity index (χ3v) is 3.33. The number of carbonyl (C=O) groups is 1. The molecule has 0 aliphatic heterocycles. The highest BCUT2D eigenvalue weighted by Crippen LogP contribution is 2.21. The van der Waals surface area contributed by atoms with E-state index in [9.17, 15) is 9.90 Å². The monoisotopic (exact) mass is 287 g/mol. The Balaban J connectivity index is 2.13. The molecule has 1 unspecified atom stereocenters. The molecule has 4 heteroatoms. The van der Waals surface area contributed by atoms with E-state index in [4.69, 9.17) is 4.74 Å². The van der Waals surface area contributed by atoms with Gasteiger partial charge in [0.15, 0.2) is 0 Å². The maximum Gasteiger partial charge on any atom is 0.327 e. The summed E-state index contributed by atoms with van der Waals surface area (Å²) in [6.07, 6.45) is 0. The summed E-state index contributed by atoms with van der Waals surface area (Å²) in [6.45, 7) is 5.53. The number of hydrogen-bond acceptors (Lipinski definition) is 3. The van der Waals surface area contributed by atoms with Gasteiger partial charge in [-0.25, -0.2) is 0 Å². The standard InChI is InChI=1S/C17H21NO3/c1-12(2)18-17(3,16(19)20)11-21-15-9-8-13-6-4-5-7-14(13)10-15/h4-10,12,18H,11H2,1-3H3,(H,19,20). The number of aliphatic carboxylic acids is 1. The maximum atomic E-state index is 11.4. The van der Waals surface area contributed by atoms with Crippen LogP contribution in [0.4, 0.5) is 0 Å². The molecule has 4 nitrogen and oxygen atoms in total. The Hall–Kier alpha value is -2.07. The Morgan fingerprint density at radius 1 is 1.24 bits per heavy atom. The van der Waals surface area contributed by atoms with Crippen LogP contribution < -0.4 is 10.1 Å². The molecule has 0 fully saturated rings. The van der Waals surface area contributed by atoms with E-state index in [1.807, 2.05) is 56.3 Å². The molecule has 0 saturated carbocycles. The third-order valence-electron chi connectivity index (χ3n) is 3.33. The number of carboxylic acids is 1. The summed E-state index contributed by atoms with van der Waals surface area (Å²) < 4.78 is 5.70. The van der Waals surface area contributed by atoms with E-state index in [-0.39, 0.29) is 12.6 Å². The van der Waals surface area contributed by atoms with Gasteiger partial charge in [0.1, 0.15) is 17.9 Å². The van der Waals surface area contributed by atoms with E-state index >= 15 is 0 Å². The molecule has 2 rings (SSSR count). The van der Waals surface area contributed by atoms with Crippen LogP contribution in [0.15, 0.2) is 42.5 Å². The molecule has 2 N–H and O–H groups in total. The van der Waals surface area contributed by atoms with Crippen molar-refractivity contribution in [1.29, 1.82) is 0 Å². The van der Waals surface area contributed by atoms with Gasteiger partial charge in [-0.05, 0) is 43.7 Å². The van der Waals surface area contributed by atoms with Gasteiger partial charge >= 0.3 is 5.97 Å². The molecule has 1 atom stereocenters. The predicted molar refractivity (Wildman–Crippen MR) is 83.8 cm³/mol. The molecule has 2 aromatic rings. The molecule has 0 aliphatic carbocycles. The number of rotatable bonds is 6. The molecule has 0 aliphatic rings. The van der Waals surface area contributed by atoms with Gasteiger partial charge in [0.2, 0.25) is 0 Å². The average molecular weight is 287 g/mol. The van der Waals surface area contributed by atoms with E-state index in [1.54, 1.807) is 6.92 Å². The van der Waals surface area contributed by atoms with Crippen molar-refractivity contribution in [1.82, 2.24) is 5.32 Å². The van der Waals surface area contributed by atoms with Gasteiger partial charge in [-0.15, -0.1) is 0 Å². The van der Waals surface area contributed by atoms with Crippen LogP contribution in [0.3, 0.4) is 0 Å². The van der Waals surface area contributed by atoms with Crippen LogP contribution in [0.1, 0.15) is 20.8 Å². The second-order valence-electron chi connectivity index (χ2n) is 5.73. The number of fused-ring (bicyclic) bond motifs is 1. The van der Waals surface area contributed by atoms with Crippen LogP contribution in [-0.4, -0.2) is 29.3 Å². The number of hydrogen-bond donors (Lipinski definition) is 2. The highest BCUT2D eigenvalue weighted by molar-refractivity contribution is 5.83. The topological polar surface area (TPSA) is 58.6 Å². The average Bonchev–Trinajstić information content (AvgIpc) is 2.44. The molecule has 112 valence electrons. The van der Waals surface area contributed by atoms with Crippen LogP contribution in [0.25, 0.3) is 10.8 Å². The van der Waals surface area contributed by atoms with Crippen molar-refractivity contribution in [3.05, 3.63) is 42.5 Å². The van der Waals surface area contributed by atoms with E-state index in [1.165, 1.54) is 0 Å². The van der Waals surface area contributed by atoms with Crippen LogP contribution in [-0.2, 0) is 4.79 Å². The first kappa shape index (κ1) is 15.3. The van der Waals surface area contributed by atoms with Crippen molar-refractivity contribution < 1.29 is 14.6 Å². The van der Waals surface area contributed by atoms with Crippen LogP contribution in [0.2, 0.25) is 0 Å². The minimum atomic E-state index is -1.11. The van der Waals surface area contributed by atoms with Gasteiger partial charge in [-0.1, -0.05) is 30.3 Å². The highest BCUT2D eigenvalue weighted by atomic mass is 16.5. The summed E-state index contributed by atoms with van der Waals surface area (Å²) in [5.41, 5.74) is -1.11. The minimum absolute atomic E-state index is 0.0614. The van der Waals surface area contributed by atoms with Gasteiger partial charge in [0.05, 0.1) is 0 Å². The molecule has 21 heavy (non-hydrogen) atoms. The zero-order chi connectivity index (χ0) is 15.5. The first-order chi connectivity index (χ1) is 9.90. The lowest BCUT2D eigenvalue weighted by Crippen LogP contribution is -2.56. The van der Waals surface area contributed by atoms with Gasteiger partial charge in [-0.2, -0.15) is 0 Å². The molecule has 0 spiro atoms. The lowest BCUT2D eigenvalue weighted by molar-refractivity contribution is -0.145. The van der Waals surface area contributed by atoms with Crippen molar-refractivity contribution in [2.75, 3.05) is 6.61 Å². The Morgan fingerprint density at radius 2 is 1.90 bits per heavy atom. The fraction of sp³-hybridized carbons (Fsp3) is 0.353. The second kappa shape index (κ2) is 6.14. The number of carboxylic acid groups (broad SMARTS) is 1. The first-order valence-corrected chi connectivity index (χ1v) is 7.03. The number of ether oxygens (including phenoxy) is 1. The smallest absolute Gasteiger partial charge is 0.327 e. The van der Waals surface area contributed by atoms with Crippen molar-refractivity contribution in [2.45, 2.75) is 32.4 Å². The fourth-order valence-electron chi connectivity index (χ4n) is 2.29. The molecule has 0 amide bonds. The van der Waals surface area contributed by atoms with E-state index in [2.05, 4.69) is 5.32 Å². The Kier molecular flexibility index (Phi) is 4.48. The lowest BCUT2D eigenvalue weighted by Gasteiger charge is -2.28. The van der Waals surface area contributed by atoms with Gasteiger partial charge in [0.25, 0.3) is 0 Å². The predicted octanol–water partition coefficient (Wildman–Crippen LogP) is 3.06. The summed E-state index contributed by atoms with van der Waals surface area (Å²) in [5.74, 6) is -0.247. The molecule has 0 heterocycles. The molecule has 0 radical (unpaired) electrons. The summed E-state index contributed by atoms with van der Waals surface area (Å²) in [5, 5.41) is 14.6. The minimum Gasteiger partial charge on any atom is -0.491 e. The van der Waals surface area contributed by atoms with E-state index < -0.39 is 11.5 Å². The summed E-state index contributed by atoms with van der Waals surface area (Å²) in [4.78, 5) is 11.4. The van der Waals surface area contributed by atoms with Crippen LogP contribution in [0, 0.1) is 0 Å². The summed E-state index contributed by atoms with van der Waals surface area (Å²) in [7, 11) is 0. The molecule has 0 saturated heterocycles. The van der Waals surface area contributed by atoms with E-state index in [0.29, 0.717) is 5.75 Å². The Morgan fingerprint density at radius 3 is 2.52 bits per heavy atom. The largest absolute Gasteiger partial charge is 0.491 e. The summed E-state index contributed by atoms with van der Waals surface area (Å²) >= 11 is 0. The molecule has 2 aromatic carbocycles. The second-order valence-corrected chi connectivity index (χ2v) is 5.73. The Labute approximate surface area is 124 Å². The van der Waals surface area contributed by atoms with Crippen LogP contribution in [0.5, 0.6) is 5.75 Å². The Bertz CT molecular complexity index is 639. The SMILES string of the molecule is CC(C)NC(C)(COc1ccc2ccccc2c1)C(=O)O. The lowest BCUT2D eigenvalue weighted by atomic mass is 10.0. The van der Waals surface area contributed by atoms with E-state index in [0.717, 1.165) is 10.8 Å². The van der Waals surface area contributed by atoms with Crippen molar-refractivity contribution in [3.8, 4) is 5.75 Å². The number of benzene rings is 2. The maximum absolute atomic E-state index is 11.4. The molecular weight excluding hydrogens is 266 g/mol. The molecule has 0 bridgehead atoms. The third kappa shape index (κ3) is 3.73. The van der Waals surface area contributed by atoms with Crippen molar-refractivity contribution >= 4 is 16.7 Å². The fourth-order valence-corrected chi connectivity index (χ4v) is 2.29. The highest BCUT2D eigenvalue weighted by Gasteiger charge is 2.34. The van der Waals surface area contributed by atoms with Crippen molar-refractivity contribution in [2.24, 2.45) is 0 Å². The van der Waals surface area contributed by atoms with Gasteiger partial charge in [-0.3, -0.25) is 10.1 Å². The first-order valence-electron chi connectivity index (χ1n) is 7.03. The normalized spacial score (nSPS) is 14.1. The van der Waals surface area contributed by atoms with Gasteiger partial charge < -0.3 is 9.84 Å².